The van der Waals surface area contributed by atoms with E-state index in [2.05, 4.69) is 45.5 Å². The largest absolute Gasteiger partial charge is 0.394 e. The second-order valence-corrected chi connectivity index (χ2v) is 8.01. The minimum atomic E-state index is -0.00176. The average Bonchev–Trinajstić information content (AvgIpc) is 2.75. The maximum Gasteiger partial charge on any atom is 0.224 e. The SMILES string of the molecule is O=C1CCc2cc(C=CC(CO)N3CCN(c4ccc(Cl)cc4)CC3)ccc2N1. The van der Waals surface area contributed by atoms with E-state index < -0.39 is 0 Å². The average molecular weight is 412 g/mol. The molecule has 2 heterocycles. The summed E-state index contributed by atoms with van der Waals surface area (Å²) in [5.74, 6) is 0.0823. The van der Waals surface area contributed by atoms with Gasteiger partial charge >= 0.3 is 0 Å². The summed E-state index contributed by atoms with van der Waals surface area (Å²) in [5, 5.41) is 13.6. The summed E-state index contributed by atoms with van der Waals surface area (Å²) in [7, 11) is 0. The molecular formula is C23H26ClN3O2. The Morgan fingerprint density at radius 2 is 1.83 bits per heavy atom. The second-order valence-electron chi connectivity index (χ2n) is 7.57. The minimum absolute atomic E-state index is 0.00176. The third kappa shape index (κ3) is 4.81. The van der Waals surface area contributed by atoms with E-state index in [1.54, 1.807) is 0 Å². The standard InChI is InChI=1S/C23H26ClN3O2/c24-19-4-7-20(8-5-19)26-11-13-27(14-12-26)21(16-28)6-1-17-2-9-22-18(15-17)3-10-23(29)25-22/h1-2,4-9,15,21,28H,3,10-14,16H2,(H,25,29). The molecule has 1 fully saturated rings. The second kappa shape index (κ2) is 8.99. The molecule has 0 saturated carbocycles. The fraction of sp³-hybridized carbons (Fsp3) is 0.348. The monoisotopic (exact) mass is 411 g/mol. The minimum Gasteiger partial charge on any atom is -0.394 e. The number of carbonyl (C=O) groups excluding carboxylic acids is 1. The lowest BCUT2D eigenvalue weighted by atomic mass is 10.00. The van der Waals surface area contributed by atoms with Crippen molar-refractivity contribution in [3.8, 4) is 0 Å². The number of piperazine rings is 1. The number of nitrogens with zero attached hydrogens (tertiary/aromatic N) is 2. The van der Waals surface area contributed by atoms with E-state index in [9.17, 15) is 9.90 Å². The molecule has 1 saturated heterocycles. The predicted octanol–water partition coefficient (Wildman–Crippen LogP) is 3.42. The van der Waals surface area contributed by atoms with E-state index in [1.807, 2.05) is 24.3 Å². The van der Waals surface area contributed by atoms with Gasteiger partial charge in [-0.25, -0.2) is 0 Å². The zero-order valence-electron chi connectivity index (χ0n) is 16.4. The van der Waals surface area contributed by atoms with Crippen molar-refractivity contribution in [1.82, 2.24) is 4.90 Å². The molecule has 29 heavy (non-hydrogen) atoms. The van der Waals surface area contributed by atoms with Crippen LogP contribution in [0.3, 0.4) is 0 Å². The van der Waals surface area contributed by atoms with Gasteiger partial charge in [-0.2, -0.15) is 0 Å². The molecule has 0 radical (unpaired) electrons. The van der Waals surface area contributed by atoms with Gasteiger partial charge in [-0.05, 0) is 53.9 Å². The molecule has 2 aliphatic rings. The summed E-state index contributed by atoms with van der Waals surface area (Å²) in [4.78, 5) is 16.2. The fourth-order valence-corrected chi connectivity index (χ4v) is 4.12. The number of aliphatic hydroxyl groups excluding tert-OH is 1. The smallest absolute Gasteiger partial charge is 0.224 e. The molecule has 0 spiro atoms. The summed E-state index contributed by atoms with van der Waals surface area (Å²) in [6.45, 7) is 3.73. The Morgan fingerprint density at radius 1 is 1.07 bits per heavy atom. The van der Waals surface area contributed by atoms with E-state index in [4.69, 9.17) is 11.6 Å². The van der Waals surface area contributed by atoms with Gasteiger partial charge in [0.2, 0.25) is 5.91 Å². The lowest BCUT2D eigenvalue weighted by Crippen LogP contribution is -2.50. The molecule has 1 unspecified atom stereocenters. The summed E-state index contributed by atoms with van der Waals surface area (Å²) in [6.07, 6.45) is 5.47. The number of rotatable bonds is 5. The van der Waals surface area contributed by atoms with E-state index in [1.165, 1.54) is 11.3 Å². The van der Waals surface area contributed by atoms with Crippen molar-refractivity contribution in [1.29, 1.82) is 0 Å². The fourth-order valence-electron chi connectivity index (χ4n) is 3.99. The Balaban J connectivity index is 1.37. The highest BCUT2D eigenvalue weighted by molar-refractivity contribution is 6.30. The molecule has 2 aromatic carbocycles. The highest BCUT2D eigenvalue weighted by Gasteiger charge is 2.22. The number of anilines is 2. The quantitative estimate of drug-likeness (QED) is 0.791. The number of aliphatic hydroxyl groups is 1. The summed E-state index contributed by atoms with van der Waals surface area (Å²) in [5.41, 5.74) is 4.36. The summed E-state index contributed by atoms with van der Waals surface area (Å²) in [6, 6.07) is 14.0. The number of aryl methyl sites for hydroxylation is 1. The van der Waals surface area contributed by atoms with Gasteiger partial charge in [0.25, 0.3) is 0 Å². The maximum atomic E-state index is 11.5. The van der Waals surface area contributed by atoms with Crippen molar-refractivity contribution in [2.45, 2.75) is 18.9 Å². The Labute approximate surface area is 176 Å². The molecule has 2 aliphatic heterocycles. The van der Waals surface area contributed by atoms with Gasteiger partial charge in [0, 0.05) is 49.0 Å². The van der Waals surface area contributed by atoms with Crippen LogP contribution in [0.5, 0.6) is 0 Å². The van der Waals surface area contributed by atoms with E-state index >= 15 is 0 Å². The molecule has 4 rings (SSSR count). The van der Waals surface area contributed by atoms with Gasteiger partial charge in [0.05, 0.1) is 12.6 Å². The van der Waals surface area contributed by atoms with Crippen LogP contribution in [0, 0.1) is 0 Å². The molecule has 6 heteroatoms. The molecule has 152 valence electrons. The highest BCUT2D eigenvalue weighted by atomic mass is 35.5. The van der Waals surface area contributed by atoms with Crippen LogP contribution >= 0.6 is 11.6 Å². The van der Waals surface area contributed by atoms with Crippen molar-refractivity contribution < 1.29 is 9.90 Å². The van der Waals surface area contributed by atoms with E-state index in [-0.39, 0.29) is 18.6 Å². The number of nitrogens with one attached hydrogen (secondary N) is 1. The van der Waals surface area contributed by atoms with Crippen LogP contribution in [-0.2, 0) is 11.2 Å². The first-order valence-electron chi connectivity index (χ1n) is 10.1. The Morgan fingerprint density at radius 3 is 2.55 bits per heavy atom. The molecule has 2 N–H and O–H groups in total. The highest BCUT2D eigenvalue weighted by Crippen LogP contribution is 2.24. The molecule has 0 aliphatic carbocycles. The maximum absolute atomic E-state index is 11.5. The lowest BCUT2D eigenvalue weighted by Gasteiger charge is -2.38. The van der Waals surface area contributed by atoms with Crippen molar-refractivity contribution >= 4 is 35.0 Å². The molecule has 2 aromatic rings. The van der Waals surface area contributed by atoms with Crippen LogP contribution in [0.2, 0.25) is 5.02 Å². The molecular weight excluding hydrogens is 386 g/mol. The first-order valence-corrected chi connectivity index (χ1v) is 10.5. The van der Waals surface area contributed by atoms with Crippen molar-refractivity contribution in [3.63, 3.8) is 0 Å². The molecule has 1 amide bonds. The van der Waals surface area contributed by atoms with Crippen molar-refractivity contribution in [2.24, 2.45) is 0 Å². The number of hydrogen-bond donors (Lipinski definition) is 2. The van der Waals surface area contributed by atoms with Gasteiger partial charge in [0.1, 0.15) is 0 Å². The predicted molar refractivity (Wildman–Crippen MR) is 119 cm³/mol. The number of halogens is 1. The van der Waals surface area contributed by atoms with Crippen LogP contribution in [0.15, 0.2) is 48.5 Å². The molecule has 5 nitrogen and oxygen atoms in total. The normalized spacial score (nSPS) is 18.6. The summed E-state index contributed by atoms with van der Waals surface area (Å²) < 4.78 is 0. The Bertz CT molecular complexity index is 889. The number of fused-ring (bicyclic) bond motifs is 1. The van der Waals surface area contributed by atoms with Gasteiger partial charge in [-0.3, -0.25) is 9.69 Å². The van der Waals surface area contributed by atoms with Crippen molar-refractivity contribution in [3.05, 3.63) is 64.7 Å². The van der Waals surface area contributed by atoms with Crippen LogP contribution in [0.1, 0.15) is 17.5 Å². The summed E-state index contributed by atoms with van der Waals surface area (Å²) >= 11 is 5.98. The Hall–Kier alpha value is -2.34. The Kier molecular flexibility index (Phi) is 6.19. The third-order valence-electron chi connectivity index (χ3n) is 5.70. The lowest BCUT2D eigenvalue weighted by molar-refractivity contribution is -0.116. The van der Waals surface area contributed by atoms with Gasteiger partial charge in [-0.15, -0.1) is 0 Å². The van der Waals surface area contributed by atoms with E-state index in [0.29, 0.717) is 6.42 Å². The number of benzene rings is 2. The first-order chi connectivity index (χ1) is 14.1. The number of amides is 1. The number of carbonyl (C=O) groups is 1. The van der Waals surface area contributed by atoms with E-state index in [0.717, 1.165) is 48.9 Å². The van der Waals surface area contributed by atoms with Crippen LogP contribution < -0.4 is 10.2 Å². The molecule has 1 atom stereocenters. The van der Waals surface area contributed by atoms with Crippen molar-refractivity contribution in [2.75, 3.05) is 43.0 Å². The van der Waals surface area contributed by atoms with Gasteiger partial charge in [0.15, 0.2) is 0 Å². The first kappa shape index (κ1) is 20.0. The topological polar surface area (TPSA) is 55.8 Å². The third-order valence-corrected chi connectivity index (χ3v) is 5.95. The van der Waals surface area contributed by atoms with Crippen LogP contribution in [0.4, 0.5) is 11.4 Å². The van der Waals surface area contributed by atoms with Crippen LogP contribution in [-0.4, -0.2) is 54.7 Å². The van der Waals surface area contributed by atoms with Gasteiger partial charge in [-0.1, -0.05) is 29.8 Å². The molecule has 0 aromatic heterocycles. The van der Waals surface area contributed by atoms with Gasteiger partial charge < -0.3 is 15.3 Å². The number of hydrogen-bond acceptors (Lipinski definition) is 4. The zero-order valence-corrected chi connectivity index (χ0v) is 17.1. The zero-order chi connectivity index (χ0) is 20.2. The molecule has 0 bridgehead atoms. The van der Waals surface area contributed by atoms with Crippen LogP contribution in [0.25, 0.3) is 6.08 Å².